The van der Waals surface area contributed by atoms with Crippen LogP contribution in [0.2, 0.25) is 0 Å². The van der Waals surface area contributed by atoms with Gasteiger partial charge in [-0.1, -0.05) is 6.07 Å². The van der Waals surface area contributed by atoms with E-state index < -0.39 is 0 Å². The number of hydrogen-bond acceptors (Lipinski definition) is 3. The summed E-state index contributed by atoms with van der Waals surface area (Å²) < 4.78 is 5.10. The summed E-state index contributed by atoms with van der Waals surface area (Å²) in [5, 5.41) is 0. The molecule has 1 aromatic heterocycles. The molecule has 0 atom stereocenters. The van der Waals surface area contributed by atoms with Crippen molar-refractivity contribution in [3.63, 3.8) is 0 Å². The molecule has 0 amide bonds. The van der Waals surface area contributed by atoms with Gasteiger partial charge in [0, 0.05) is 0 Å². The zero-order chi connectivity index (χ0) is 8.39. The van der Waals surface area contributed by atoms with E-state index in [4.69, 9.17) is 4.74 Å². The first-order chi connectivity index (χ1) is 5.92. The Labute approximate surface area is 70.0 Å². The number of ether oxygens (including phenoxy) is 1. The smallest absolute Gasteiger partial charge is 0.146 e. The van der Waals surface area contributed by atoms with Crippen molar-refractivity contribution in [1.82, 2.24) is 9.97 Å². The molecule has 0 saturated carbocycles. The summed E-state index contributed by atoms with van der Waals surface area (Å²) in [7, 11) is 1.61. The molecule has 3 nitrogen and oxygen atoms in total. The Morgan fingerprint density at radius 1 is 1.42 bits per heavy atom. The number of hydrogen-bond donors (Lipinski definition) is 0. The minimum Gasteiger partial charge on any atom is -0.494 e. The quantitative estimate of drug-likeness (QED) is 0.631. The van der Waals surface area contributed by atoms with Crippen molar-refractivity contribution < 1.29 is 4.74 Å². The SMILES string of the molecule is COc1cccc2nc[c]nc12. The molecule has 0 saturated heterocycles. The fourth-order valence-corrected chi connectivity index (χ4v) is 1.08. The second-order valence-corrected chi connectivity index (χ2v) is 2.33. The molecule has 0 unspecified atom stereocenters. The molecule has 59 valence electrons. The Morgan fingerprint density at radius 3 is 3.17 bits per heavy atom. The number of benzene rings is 1. The van der Waals surface area contributed by atoms with Gasteiger partial charge >= 0.3 is 0 Å². The van der Waals surface area contributed by atoms with Crippen molar-refractivity contribution in [2.45, 2.75) is 0 Å². The van der Waals surface area contributed by atoms with E-state index in [0.29, 0.717) is 0 Å². The van der Waals surface area contributed by atoms with Crippen LogP contribution in [0, 0.1) is 6.20 Å². The van der Waals surface area contributed by atoms with Crippen LogP contribution in [-0.4, -0.2) is 17.1 Å². The highest BCUT2D eigenvalue weighted by Crippen LogP contribution is 2.20. The van der Waals surface area contributed by atoms with Crippen molar-refractivity contribution in [2.75, 3.05) is 7.11 Å². The molecule has 2 aromatic rings. The summed E-state index contributed by atoms with van der Waals surface area (Å²) >= 11 is 0. The largest absolute Gasteiger partial charge is 0.494 e. The van der Waals surface area contributed by atoms with E-state index >= 15 is 0 Å². The van der Waals surface area contributed by atoms with Gasteiger partial charge in [-0.05, 0) is 12.1 Å². The summed E-state index contributed by atoms with van der Waals surface area (Å²) in [5.41, 5.74) is 1.58. The maximum absolute atomic E-state index is 5.10. The predicted octanol–water partition coefficient (Wildman–Crippen LogP) is 1.44. The summed E-state index contributed by atoms with van der Waals surface area (Å²) in [4.78, 5) is 8.13. The molecule has 3 heteroatoms. The van der Waals surface area contributed by atoms with E-state index in [1.54, 1.807) is 13.3 Å². The van der Waals surface area contributed by atoms with Gasteiger partial charge in [-0.3, -0.25) is 4.98 Å². The minimum absolute atomic E-state index is 0.733. The second-order valence-electron chi connectivity index (χ2n) is 2.33. The van der Waals surface area contributed by atoms with Gasteiger partial charge in [0.2, 0.25) is 0 Å². The van der Waals surface area contributed by atoms with Crippen LogP contribution in [-0.2, 0) is 0 Å². The van der Waals surface area contributed by atoms with Crippen molar-refractivity contribution in [3.05, 3.63) is 30.6 Å². The number of aromatic nitrogens is 2. The maximum atomic E-state index is 5.10. The first kappa shape index (κ1) is 7.03. The van der Waals surface area contributed by atoms with E-state index in [9.17, 15) is 0 Å². The second kappa shape index (κ2) is 2.77. The van der Waals surface area contributed by atoms with Gasteiger partial charge < -0.3 is 4.74 Å². The Bertz CT molecular complexity index is 395. The highest BCUT2D eigenvalue weighted by Gasteiger charge is 2.00. The third-order valence-electron chi connectivity index (χ3n) is 1.64. The lowest BCUT2D eigenvalue weighted by atomic mass is 10.3. The molecule has 0 aliphatic carbocycles. The molecule has 1 aromatic carbocycles. The van der Waals surface area contributed by atoms with Crippen LogP contribution in [0.15, 0.2) is 24.4 Å². The fourth-order valence-electron chi connectivity index (χ4n) is 1.08. The van der Waals surface area contributed by atoms with E-state index in [1.165, 1.54) is 0 Å². The van der Waals surface area contributed by atoms with Crippen LogP contribution in [0.25, 0.3) is 11.0 Å². The van der Waals surface area contributed by atoms with Gasteiger partial charge in [-0.15, -0.1) is 0 Å². The standard InChI is InChI=1S/C9H7N2O/c1-12-8-4-2-3-7-9(8)11-6-5-10-7/h2-5H,1H3. The lowest BCUT2D eigenvalue weighted by molar-refractivity contribution is 0.419. The minimum atomic E-state index is 0.733. The number of para-hydroxylation sites is 1. The van der Waals surface area contributed by atoms with Gasteiger partial charge in [0.05, 0.1) is 18.8 Å². The molecule has 0 aliphatic rings. The van der Waals surface area contributed by atoms with Gasteiger partial charge in [0.25, 0.3) is 0 Å². The molecule has 0 bridgehead atoms. The van der Waals surface area contributed by atoms with E-state index in [-0.39, 0.29) is 0 Å². The molecular formula is C9H7N2O. The van der Waals surface area contributed by atoms with E-state index in [0.717, 1.165) is 16.8 Å². The van der Waals surface area contributed by atoms with Crippen LogP contribution >= 0.6 is 0 Å². The zero-order valence-electron chi connectivity index (χ0n) is 6.61. The van der Waals surface area contributed by atoms with Crippen LogP contribution < -0.4 is 4.74 Å². The summed E-state index contributed by atoms with van der Waals surface area (Å²) in [5.74, 6) is 0.733. The molecule has 0 aliphatic heterocycles. The van der Waals surface area contributed by atoms with Crippen molar-refractivity contribution >= 4 is 11.0 Å². The lowest BCUT2D eigenvalue weighted by Crippen LogP contribution is -1.88. The topological polar surface area (TPSA) is 35.0 Å². The monoisotopic (exact) mass is 159 g/mol. The van der Waals surface area contributed by atoms with Gasteiger partial charge in [0.15, 0.2) is 0 Å². The predicted molar refractivity (Wildman–Crippen MR) is 44.9 cm³/mol. The zero-order valence-corrected chi connectivity index (χ0v) is 6.61. The third-order valence-corrected chi connectivity index (χ3v) is 1.64. The molecule has 1 radical (unpaired) electrons. The summed E-state index contributed by atoms with van der Waals surface area (Å²) in [6.07, 6.45) is 4.21. The number of fused-ring (bicyclic) bond motifs is 1. The molecule has 0 fully saturated rings. The van der Waals surface area contributed by atoms with Crippen LogP contribution in [0.4, 0.5) is 0 Å². The number of nitrogens with zero attached hydrogens (tertiary/aromatic N) is 2. The molecular weight excluding hydrogens is 152 g/mol. The van der Waals surface area contributed by atoms with Crippen LogP contribution in [0.5, 0.6) is 5.75 Å². The van der Waals surface area contributed by atoms with Gasteiger partial charge in [-0.25, -0.2) is 4.98 Å². The average Bonchev–Trinajstić information content (AvgIpc) is 2.17. The fraction of sp³-hybridized carbons (Fsp3) is 0.111. The highest BCUT2D eigenvalue weighted by atomic mass is 16.5. The Balaban J connectivity index is 2.79. The molecule has 1 heterocycles. The van der Waals surface area contributed by atoms with Crippen molar-refractivity contribution in [2.24, 2.45) is 0 Å². The molecule has 0 N–H and O–H groups in total. The maximum Gasteiger partial charge on any atom is 0.146 e. The van der Waals surface area contributed by atoms with Crippen molar-refractivity contribution in [1.29, 1.82) is 0 Å². The first-order valence-electron chi connectivity index (χ1n) is 3.57. The van der Waals surface area contributed by atoms with Crippen LogP contribution in [0.3, 0.4) is 0 Å². The third kappa shape index (κ3) is 0.993. The normalized spacial score (nSPS) is 10.1. The summed E-state index contributed by atoms with van der Waals surface area (Å²) in [6.45, 7) is 0. The lowest BCUT2D eigenvalue weighted by Gasteiger charge is -2.01. The molecule has 2 rings (SSSR count). The van der Waals surface area contributed by atoms with Crippen molar-refractivity contribution in [3.8, 4) is 5.75 Å². The first-order valence-corrected chi connectivity index (χ1v) is 3.57. The highest BCUT2D eigenvalue weighted by molar-refractivity contribution is 5.80. The summed E-state index contributed by atoms with van der Waals surface area (Å²) in [6, 6.07) is 5.62. The Kier molecular flexibility index (Phi) is 1.63. The Morgan fingerprint density at radius 2 is 2.33 bits per heavy atom. The Hall–Kier alpha value is -1.64. The van der Waals surface area contributed by atoms with Gasteiger partial charge in [-0.2, -0.15) is 0 Å². The van der Waals surface area contributed by atoms with Crippen LogP contribution in [0.1, 0.15) is 0 Å². The number of methoxy groups -OCH3 is 1. The molecule has 0 spiro atoms. The average molecular weight is 159 g/mol. The molecule has 12 heavy (non-hydrogen) atoms. The van der Waals surface area contributed by atoms with E-state index in [2.05, 4.69) is 16.2 Å². The number of rotatable bonds is 1. The van der Waals surface area contributed by atoms with E-state index in [1.807, 2.05) is 18.2 Å². The van der Waals surface area contributed by atoms with Gasteiger partial charge in [0.1, 0.15) is 17.5 Å².